The predicted molar refractivity (Wildman–Crippen MR) is 82.5 cm³/mol. The van der Waals surface area contributed by atoms with E-state index < -0.39 is 8.32 Å². The third-order valence-corrected chi connectivity index (χ3v) is 8.15. The molecule has 2 nitrogen and oxygen atoms in total. The number of rotatable bonds is 6. The van der Waals surface area contributed by atoms with E-state index in [0.29, 0.717) is 6.61 Å². The average molecular weight is 282 g/mol. The first kappa shape index (κ1) is 19.8. The van der Waals surface area contributed by atoms with Gasteiger partial charge in [0, 0.05) is 5.54 Å². The lowest BCUT2D eigenvalue weighted by Crippen LogP contribution is -2.48. The highest BCUT2D eigenvalue weighted by molar-refractivity contribution is 6.74. The van der Waals surface area contributed by atoms with Crippen molar-refractivity contribution in [2.24, 2.45) is 5.73 Å². The smallest absolute Gasteiger partial charge is 0.192 e. The molecule has 2 N–H and O–H groups in total. The lowest BCUT2D eigenvalue weighted by Gasteiger charge is -2.39. The van der Waals surface area contributed by atoms with Crippen LogP contribution in [0.5, 0.6) is 0 Å². The molecule has 0 aromatic rings. The van der Waals surface area contributed by atoms with Gasteiger partial charge in [0.1, 0.15) is 0 Å². The van der Waals surface area contributed by atoms with Gasteiger partial charge in [-0.1, -0.05) is 40.5 Å². The highest BCUT2D eigenvalue weighted by Crippen LogP contribution is 2.37. The average Bonchev–Trinajstić information content (AvgIpc) is 2.10. The van der Waals surface area contributed by atoms with E-state index in [9.17, 15) is 0 Å². The van der Waals surface area contributed by atoms with Gasteiger partial charge >= 0.3 is 0 Å². The third-order valence-electron chi connectivity index (χ3n) is 3.67. The molecule has 0 bridgehead atoms. The van der Waals surface area contributed by atoms with Crippen molar-refractivity contribution < 1.29 is 4.43 Å². The van der Waals surface area contributed by atoms with E-state index in [1.165, 1.54) is 12.8 Å². The first-order valence-electron chi connectivity index (χ1n) is 6.45. The van der Waals surface area contributed by atoms with Crippen LogP contribution in [-0.4, -0.2) is 20.5 Å². The first-order chi connectivity index (χ1) is 7.02. The number of hydrogen-bond donors (Lipinski definition) is 1. The number of halogens is 1. The number of unbranched alkanes of at least 4 members (excludes halogenated alkanes) is 1. The molecule has 0 saturated heterocycles. The van der Waals surface area contributed by atoms with Crippen molar-refractivity contribution >= 4 is 20.7 Å². The molecule has 0 fully saturated rings. The van der Waals surface area contributed by atoms with Crippen LogP contribution in [0.4, 0.5) is 0 Å². The van der Waals surface area contributed by atoms with Crippen molar-refractivity contribution in [2.75, 3.05) is 6.61 Å². The van der Waals surface area contributed by atoms with Crippen molar-refractivity contribution in [1.29, 1.82) is 0 Å². The van der Waals surface area contributed by atoms with Gasteiger partial charge in [-0.2, -0.15) is 0 Å². The Labute approximate surface area is 115 Å². The van der Waals surface area contributed by atoms with Crippen LogP contribution in [0.25, 0.3) is 0 Å². The second-order valence-corrected chi connectivity index (χ2v) is 11.6. The minimum atomic E-state index is -1.63. The number of hydrogen-bond acceptors (Lipinski definition) is 2. The summed E-state index contributed by atoms with van der Waals surface area (Å²) in [5.74, 6) is 0. The molecule has 0 radical (unpaired) electrons. The standard InChI is InChI=1S/C13H31NOSi.ClH/c1-8-9-10-13(5,14)11-15-16(6,7)12(2,3)4;/h8-11,14H2,1-7H3;1H. The van der Waals surface area contributed by atoms with Crippen LogP contribution in [0.3, 0.4) is 0 Å². The first-order valence-corrected chi connectivity index (χ1v) is 9.35. The largest absolute Gasteiger partial charge is 0.415 e. The van der Waals surface area contributed by atoms with Gasteiger partial charge in [-0.25, -0.2) is 0 Å². The Morgan fingerprint density at radius 1 is 1.12 bits per heavy atom. The highest BCUT2D eigenvalue weighted by atomic mass is 35.5. The summed E-state index contributed by atoms with van der Waals surface area (Å²) in [6.07, 6.45) is 3.44. The Morgan fingerprint density at radius 2 is 1.59 bits per heavy atom. The van der Waals surface area contributed by atoms with Gasteiger partial charge in [-0.3, -0.25) is 0 Å². The molecule has 0 aromatic heterocycles. The normalized spacial score (nSPS) is 16.2. The predicted octanol–water partition coefficient (Wildman–Crippen LogP) is 4.34. The number of nitrogens with two attached hydrogens (primary N) is 1. The SMILES string of the molecule is CCCCC(C)(N)CO[Si](C)(C)C(C)(C)C.Cl. The second kappa shape index (κ2) is 7.12. The van der Waals surface area contributed by atoms with E-state index in [2.05, 4.69) is 47.7 Å². The van der Waals surface area contributed by atoms with Gasteiger partial charge in [0.05, 0.1) is 6.61 Å². The van der Waals surface area contributed by atoms with Crippen LogP contribution in [-0.2, 0) is 4.43 Å². The van der Waals surface area contributed by atoms with Crippen LogP contribution < -0.4 is 5.73 Å². The van der Waals surface area contributed by atoms with Crippen molar-refractivity contribution in [3.8, 4) is 0 Å². The fourth-order valence-corrected chi connectivity index (χ4v) is 2.34. The summed E-state index contributed by atoms with van der Waals surface area (Å²) in [7, 11) is -1.63. The van der Waals surface area contributed by atoms with Crippen molar-refractivity contribution in [2.45, 2.75) is 77.6 Å². The van der Waals surface area contributed by atoms with E-state index >= 15 is 0 Å². The Hall–Kier alpha value is 0.427. The summed E-state index contributed by atoms with van der Waals surface area (Å²) in [6.45, 7) is 16.4. The molecule has 0 aliphatic rings. The van der Waals surface area contributed by atoms with Crippen molar-refractivity contribution in [3.63, 3.8) is 0 Å². The topological polar surface area (TPSA) is 35.2 Å². The zero-order valence-electron chi connectivity index (χ0n) is 12.7. The molecule has 0 spiro atoms. The molecule has 0 rings (SSSR count). The fourth-order valence-electron chi connectivity index (χ4n) is 1.21. The van der Waals surface area contributed by atoms with Crippen LogP contribution >= 0.6 is 12.4 Å². The summed E-state index contributed by atoms with van der Waals surface area (Å²) in [4.78, 5) is 0. The quantitative estimate of drug-likeness (QED) is 0.735. The van der Waals surface area contributed by atoms with Gasteiger partial charge in [-0.15, -0.1) is 12.4 Å². The van der Waals surface area contributed by atoms with E-state index in [1.807, 2.05) is 0 Å². The molecular formula is C13H32ClNOSi. The summed E-state index contributed by atoms with van der Waals surface area (Å²) in [5.41, 5.74) is 6.09. The van der Waals surface area contributed by atoms with Crippen LogP contribution in [0.15, 0.2) is 0 Å². The van der Waals surface area contributed by atoms with E-state index in [0.717, 1.165) is 6.42 Å². The molecule has 1 atom stereocenters. The van der Waals surface area contributed by atoms with Crippen LogP contribution in [0.1, 0.15) is 53.9 Å². The zero-order chi connectivity index (χ0) is 13.0. The fraction of sp³-hybridized carbons (Fsp3) is 1.00. The maximum absolute atomic E-state index is 6.25. The maximum Gasteiger partial charge on any atom is 0.192 e. The molecule has 0 aliphatic carbocycles. The molecule has 0 aliphatic heterocycles. The minimum Gasteiger partial charge on any atom is -0.415 e. The summed E-state index contributed by atoms with van der Waals surface area (Å²) in [6, 6.07) is 0. The molecule has 0 heterocycles. The van der Waals surface area contributed by atoms with Gasteiger partial charge in [-0.05, 0) is 31.5 Å². The van der Waals surface area contributed by atoms with Crippen LogP contribution in [0, 0.1) is 0 Å². The van der Waals surface area contributed by atoms with E-state index in [-0.39, 0.29) is 23.0 Å². The van der Waals surface area contributed by atoms with Gasteiger partial charge < -0.3 is 10.2 Å². The molecule has 106 valence electrons. The summed E-state index contributed by atoms with van der Waals surface area (Å²) < 4.78 is 6.17. The Kier molecular flexibility index (Phi) is 8.28. The van der Waals surface area contributed by atoms with Crippen molar-refractivity contribution in [3.05, 3.63) is 0 Å². The lowest BCUT2D eigenvalue weighted by molar-refractivity contribution is 0.201. The zero-order valence-corrected chi connectivity index (χ0v) is 14.5. The van der Waals surface area contributed by atoms with Gasteiger partial charge in [0.2, 0.25) is 0 Å². The van der Waals surface area contributed by atoms with Crippen LogP contribution in [0.2, 0.25) is 18.1 Å². The Bertz CT molecular complexity index is 212. The third kappa shape index (κ3) is 7.45. The molecule has 0 aromatic carbocycles. The molecule has 0 amide bonds. The Morgan fingerprint density at radius 3 is 1.94 bits per heavy atom. The molecular weight excluding hydrogens is 250 g/mol. The Balaban J connectivity index is 0. The second-order valence-electron chi connectivity index (χ2n) is 6.81. The van der Waals surface area contributed by atoms with E-state index in [1.54, 1.807) is 0 Å². The summed E-state index contributed by atoms with van der Waals surface area (Å²) >= 11 is 0. The molecule has 0 saturated carbocycles. The molecule has 17 heavy (non-hydrogen) atoms. The van der Waals surface area contributed by atoms with E-state index in [4.69, 9.17) is 10.2 Å². The molecule has 1 unspecified atom stereocenters. The van der Waals surface area contributed by atoms with Gasteiger partial charge in [0.25, 0.3) is 0 Å². The van der Waals surface area contributed by atoms with Gasteiger partial charge in [0.15, 0.2) is 8.32 Å². The lowest BCUT2D eigenvalue weighted by atomic mass is 9.98. The highest BCUT2D eigenvalue weighted by Gasteiger charge is 2.38. The maximum atomic E-state index is 6.25. The van der Waals surface area contributed by atoms with Crippen molar-refractivity contribution in [1.82, 2.24) is 0 Å². The summed E-state index contributed by atoms with van der Waals surface area (Å²) in [5, 5.41) is 0.272. The molecule has 4 heteroatoms. The minimum absolute atomic E-state index is 0. The monoisotopic (exact) mass is 281 g/mol.